The van der Waals surface area contributed by atoms with E-state index < -0.39 is 0 Å². The summed E-state index contributed by atoms with van der Waals surface area (Å²) in [6, 6.07) is 0. The van der Waals surface area contributed by atoms with Gasteiger partial charge in [-0.25, -0.2) is 0 Å². The first-order valence-corrected chi connectivity index (χ1v) is 5.98. The maximum absolute atomic E-state index is 3.44. The van der Waals surface area contributed by atoms with E-state index in [4.69, 9.17) is 0 Å². The lowest BCUT2D eigenvalue weighted by atomic mass is 9.89. The molecule has 0 saturated heterocycles. The SMILES string of the molecule is CC(C)C#CCNCC1CCCCC1. The fraction of sp³-hybridized carbons (Fsp3) is 0.846. The maximum atomic E-state index is 3.44. The van der Waals surface area contributed by atoms with Gasteiger partial charge >= 0.3 is 0 Å². The number of nitrogens with one attached hydrogen (secondary N) is 1. The van der Waals surface area contributed by atoms with Crippen LogP contribution in [0.15, 0.2) is 0 Å². The topological polar surface area (TPSA) is 12.0 Å². The first kappa shape index (κ1) is 11.6. The van der Waals surface area contributed by atoms with Crippen molar-refractivity contribution in [2.45, 2.75) is 46.0 Å². The van der Waals surface area contributed by atoms with Crippen LogP contribution < -0.4 is 5.32 Å². The molecule has 1 aliphatic rings. The van der Waals surface area contributed by atoms with Crippen LogP contribution >= 0.6 is 0 Å². The second-order valence-corrected chi connectivity index (χ2v) is 4.61. The van der Waals surface area contributed by atoms with Crippen LogP contribution in [0.5, 0.6) is 0 Å². The van der Waals surface area contributed by atoms with Crippen molar-refractivity contribution in [2.75, 3.05) is 13.1 Å². The zero-order valence-corrected chi connectivity index (χ0v) is 9.60. The first-order valence-electron chi connectivity index (χ1n) is 5.98. The van der Waals surface area contributed by atoms with Gasteiger partial charge in [0, 0.05) is 5.92 Å². The normalized spacial score (nSPS) is 17.9. The minimum atomic E-state index is 0.506. The van der Waals surface area contributed by atoms with Crippen LogP contribution in [0.1, 0.15) is 46.0 Å². The third-order valence-corrected chi connectivity index (χ3v) is 2.76. The number of hydrogen-bond acceptors (Lipinski definition) is 1. The number of hydrogen-bond donors (Lipinski definition) is 1. The van der Waals surface area contributed by atoms with Crippen LogP contribution in [0, 0.1) is 23.7 Å². The summed E-state index contributed by atoms with van der Waals surface area (Å²) >= 11 is 0. The lowest BCUT2D eigenvalue weighted by molar-refractivity contribution is 0.347. The highest BCUT2D eigenvalue weighted by atomic mass is 14.8. The predicted octanol–water partition coefficient (Wildman–Crippen LogP) is 2.82. The van der Waals surface area contributed by atoms with E-state index in [-0.39, 0.29) is 0 Å². The maximum Gasteiger partial charge on any atom is 0.0576 e. The monoisotopic (exact) mass is 193 g/mol. The summed E-state index contributed by atoms with van der Waals surface area (Å²) in [5, 5.41) is 3.44. The van der Waals surface area contributed by atoms with Crippen molar-refractivity contribution in [1.29, 1.82) is 0 Å². The van der Waals surface area contributed by atoms with E-state index in [1.165, 1.54) is 38.6 Å². The van der Waals surface area contributed by atoms with Gasteiger partial charge in [-0.3, -0.25) is 0 Å². The Morgan fingerprint density at radius 2 is 1.93 bits per heavy atom. The molecule has 0 aromatic heterocycles. The molecule has 0 unspecified atom stereocenters. The van der Waals surface area contributed by atoms with Crippen molar-refractivity contribution >= 4 is 0 Å². The Bertz CT molecular complexity index is 191. The minimum absolute atomic E-state index is 0.506. The predicted molar refractivity (Wildman–Crippen MR) is 62.1 cm³/mol. The van der Waals surface area contributed by atoms with Gasteiger partial charge in [0.1, 0.15) is 0 Å². The zero-order chi connectivity index (χ0) is 10.2. The lowest BCUT2D eigenvalue weighted by Crippen LogP contribution is -2.24. The molecule has 0 aromatic carbocycles. The van der Waals surface area contributed by atoms with E-state index in [1.54, 1.807) is 0 Å². The molecule has 0 bridgehead atoms. The van der Waals surface area contributed by atoms with E-state index in [1.807, 2.05) is 0 Å². The van der Waals surface area contributed by atoms with Crippen LogP contribution in [0.4, 0.5) is 0 Å². The van der Waals surface area contributed by atoms with Gasteiger partial charge in [0.15, 0.2) is 0 Å². The van der Waals surface area contributed by atoms with E-state index in [2.05, 4.69) is 31.0 Å². The summed E-state index contributed by atoms with van der Waals surface area (Å²) in [5.41, 5.74) is 0. The van der Waals surface area contributed by atoms with Crippen LogP contribution in [-0.2, 0) is 0 Å². The number of rotatable bonds is 3. The second-order valence-electron chi connectivity index (χ2n) is 4.61. The molecule has 0 spiro atoms. The molecule has 1 aliphatic carbocycles. The Balaban J connectivity index is 2.01. The van der Waals surface area contributed by atoms with Crippen LogP contribution in [0.3, 0.4) is 0 Å². The zero-order valence-electron chi connectivity index (χ0n) is 9.60. The standard InChI is InChI=1S/C13H23N/c1-12(2)7-6-10-14-11-13-8-4-3-5-9-13/h12-14H,3-5,8-11H2,1-2H3. The largest absolute Gasteiger partial charge is 0.306 e. The molecule has 1 nitrogen and oxygen atoms in total. The van der Waals surface area contributed by atoms with E-state index in [0.29, 0.717) is 5.92 Å². The van der Waals surface area contributed by atoms with Crippen molar-refractivity contribution in [1.82, 2.24) is 5.32 Å². The van der Waals surface area contributed by atoms with Gasteiger partial charge in [0.05, 0.1) is 6.54 Å². The molecule has 14 heavy (non-hydrogen) atoms. The van der Waals surface area contributed by atoms with Crippen LogP contribution in [0.25, 0.3) is 0 Å². The fourth-order valence-corrected chi connectivity index (χ4v) is 1.99. The van der Waals surface area contributed by atoms with E-state index in [9.17, 15) is 0 Å². The van der Waals surface area contributed by atoms with Gasteiger partial charge < -0.3 is 5.32 Å². The fourth-order valence-electron chi connectivity index (χ4n) is 1.99. The quantitative estimate of drug-likeness (QED) is 0.537. The average Bonchev–Trinajstić information content (AvgIpc) is 2.18. The molecule has 1 rings (SSSR count). The Kier molecular flexibility index (Phi) is 5.71. The highest BCUT2D eigenvalue weighted by Gasteiger charge is 2.11. The molecule has 1 N–H and O–H groups in total. The third kappa shape index (κ3) is 5.29. The average molecular weight is 193 g/mol. The van der Waals surface area contributed by atoms with Gasteiger partial charge in [-0.2, -0.15) is 0 Å². The van der Waals surface area contributed by atoms with Crippen molar-refractivity contribution in [3.8, 4) is 11.8 Å². The molecule has 0 amide bonds. The Morgan fingerprint density at radius 1 is 1.21 bits per heavy atom. The minimum Gasteiger partial charge on any atom is -0.306 e. The van der Waals surface area contributed by atoms with Gasteiger partial charge in [0.25, 0.3) is 0 Å². The van der Waals surface area contributed by atoms with Gasteiger partial charge in [0.2, 0.25) is 0 Å². The third-order valence-electron chi connectivity index (χ3n) is 2.76. The molecular weight excluding hydrogens is 170 g/mol. The lowest BCUT2D eigenvalue weighted by Gasteiger charge is -2.21. The van der Waals surface area contributed by atoms with Crippen molar-refractivity contribution in [2.24, 2.45) is 11.8 Å². The van der Waals surface area contributed by atoms with Crippen LogP contribution in [-0.4, -0.2) is 13.1 Å². The molecule has 0 radical (unpaired) electrons. The molecule has 0 aromatic rings. The molecule has 1 saturated carbocycles. The summed E-state index contributed by atoms with van der Waals surface area (Å²) in [6.45, 7) is 6.31. The summed E-state index contributed by atoms with van der Waals surface area (Å²) in [5.74, 6) is 7.76. The van der Waals surface area contributed by atoms with Gasteiger partial charge in [-0.05, 0) is 25.3 Å². The smallest absolute Gasteiger partial charge is 0.0576 e. The summed E-state index contributed by atoms with van der Waals surface area (Å²) in [4.78, 5) is 0. The van der Waals surface area contributed by atoms with Gasteiger partial charge in [-0.15, -0.1) is 0 Å². The molecule has 1 fully saturated rings. The molecule has 0 atom stereocenters. The van der Waals surface area contributed by atoms with Crippen LogP contribution in [0.2, 0.25) is 0 Å². The Hall–Kier alpha value is -0.480. The molecule has 1 heteroatoms. The van der Waals surface area contributed by atoms with E-state index in [0.717, 1.165) is 12.5 Å². The summed E-state index contributed by atoms with van der Waals surface area (Å²) < 4.78 is 0. The Labute approximate surface area is 88.7 Å². The Morgan fingerprint density at radius 3 is 2.57 bits per heavy atom. The summed E-state index contributed by atoms with van der Waals surface area (Å²) in [7, 11) is 0. The first-order chi connectivity index (χ1) is 6.79. The molecular formula is C13H23N. The van der Waals surface area contributed by atoms with Gasteiger partial charge in [-0.1, -0.05) is 45.0 Å². The highest BCUT2D eigenvalue weighted by Crippen LogP contribution is 2.22. The molecule has 0 heterocycles. The van der Waals surface area contributed by atoms with Crippen molar-refractivity contribution in [3.05, 3.63) is 0 Å². The molecule has 0 aliphatic heterocycles. The molecule has 80 valence electrons. The highest BCUT2D eigenvalue weighted by molar-refractivity contribution is 5.02. The van der Waals surface area contributed by atoms with E-state index >= 15 is 0 Å². The van der Waals surface area contributed by atoms with Crippen molar-refractivity contribution < 1.29 is 0 Å². The van der Waals surface area contributed by atoms with Crippen molar-refractivity contribution in [3.63, 3.8) is 0 Å². The second kappa shape index (κ2) is 6.90. The summed E-state index contributed by atoms with van der Waals surface area (Å²) in [6.07, 6.45) is 7.16.